The Morgan fingerprint density at radius 3 is 2.45 bits per heavy atom. The van der Waals surface area contributed by atoms with E-state index in [0.29, 0.717) is 5.69 Å². The van der Waals surface area contributed by atoms with E-state index in [0.717, 1.165) is 12.8 Å². The molecule has 0 aliphatic heterocycles. The van der Waals surface area contributed by atoms with Gasteiger partial charge in [-0.3, -0.25) is 0 Å². The lowest BCUT2D eigenvalue weighted by molar-refractivity contribution is -0.138. The zero-order valence-electron chi connectivity index (χ0n) is 12.5. The van der Waals surface area contributed by atoms with Gasteiger partial charge in [0.2, 0.25) is 0 Å². The molecule has 1 rings (SSSR count). The van der Waals surface area contributed by atoms with Gasteiger partial charge in [-0.15, -0.1) is 0 Å². The minimum absolute atomic E-state index is 0.212. The molecule has 0 aliphatic rings. The van der Waals surface area contributed by atoms with E-state index in [9.17, 15) is 13.2 Å². The fourth-order valence-corrected chi connectivity index (χ4v) is 2.26. The number of rotatable bonds is 6. The van der Waals surface area contributed by atoms with E-state index in [1.165, 1.54) is 6.07 Å². The molecule has 1 aromatic rings. The van der Waals surface area contributed by atoms with Gasteiger partial charge in [-0.05, 0) is 38.1 Å². The van der Waals surface area contributed by atoms with Gasteiger partial charge in [0.05, 0.1) is 5.56 Å². The highest BCUT2D eigenvalue weighted by Crippen LogP contribution is 2.35. The molecule has 0 aromatic heterocycles. The molecular weight excluding hydrogens is 265 g/mol. The van der Waals surface area contributed by atoms with Crippen molar-refractivity contribution in [2.45, 2.75) is 45.5 Å². The van der Waals surface area contributed by atoms with Crippen LogP contribution < -0.4 is 10.2 Å². The number of hydrogen-bond acceptors (Lipinski definition) is 2. The summed E-state index contributed by atoms with van der Waals surface area (Å²) in [4.78, 5) is 1.90. The third-order valence-electron chi connectivity index (χ3n) is 3.54. The normalized spacial score (nSPS) is 13.3. The monoisotopic (exact) mass is 288 g/mol. The zero-order valence-corrected chi connectivity index (χ0v) is 12.5. The molecule has 0 heterocycles. The molecule has 0 spiro atoms. The first kappa shape index (κ1) is 16.8. The highest BCUT2D eigenvalue weighted by atomic mass is 19.4. The predicted molar refractivity (Wildman–Crippen MR) is 77.0 cm³/mol. The third-order valence-corrected chi connectivity index (χ3v) is 3.54. The van der Waals surface area contributed by atoms with E-state index in [1.54, 1.807) is 19.2 Å². The molecule has 0 radical (unpaired) electrons. The first-order valence-corrected chi connectivity index (χ1v) is 6.88. The number of benzene rings is 1. The topological polar surface area (TPSA) is 15.3 Å². The molecule has 0 amide bonds. The van der Waals surface area contributed by atoms with Crippen molar-refractivity contribution in [3.63, 3.8) is 0 Å². The van der Waals surface area contributed by atoms with Crippen molar-refractivity contribution >= 4 is 5.69 Å². The van der Waals surface area contributed by atoms with E-state index >= 15 is 0 Å². The van der Waals surface area contributed by atoms with Gasteiger partial charge in [0.1, 0.15) is 0 Å². The average Bonchev–Trinajstić information content (AvgIpc) is 2.37. The Kier molecular flexibility index (Phi) is 5.87. The SMILES string of the molecule is CCCC(C)N(C)c1ccc(CNC)c(C(F)(F)F)c1. The molecule has 20 heavy (non-hydrogen) atoms. The summed E-state index contributed by atoms with van der Waals surface area (Å²) in [5, 5.41) is 2.77. The maximum absolute atomic E-state index is 13.1. The molecule has 1 aromatic carbocycles. The first-order chi connectivity index (χ1) is 9.31. The van der Waals surface area contributed by atoms with Gasteiger partial charge in [-0.2, -0.15) is 13.2 Å². The molecule has 5 heteroatoms. The summed E-state index contributed by atoms with van der Waals surface area (Å²) >= 11 is 0. The average molecular weight is 288 g/mol. The second-order valence-electron chi connectivity index (χ2n) is 5.12. The van der Waals surface area contributed by atoms with Crippen LogP contribution >= 0.6 is 0 Å². The molecule has 0 bridgehead atoms. The fourth-order valence-electron chi connectivity index (χ4n) is 2.26. The highest BCUT2D eigenvalue weighted by Gasteiger charge is 2.33. The van der Waals surface area contributed by atoms with Crippen LogP contribution in [-0.4, -0.2) is 20.1 Å². The first-order valence-electron chi connectivity index (χ1n) is 6.88. The molecule has 114 valence electrons. The van der Waals surface area contributed by atoms with Crippen molar-refractivity contribution in [3.05, 3.63) is 29.3 Å². The summed E-state index contributed by atoms with van der Waals surface area (Å²) in [7, 11) is 3.48. The molecule has 0 saturated carbocycles. The Labute approximate surface area is 119 Å². The maximum Gasteiger partial charge on any atom is 0.416 e. The maximum atomic E-state index is 13.1. The van der Waals surface area contributed by atoms with Crippen molar-refractivity contribution in [2.24, 2.45) is 0 Å². The Morgan fingerprint density at radius 1 is 1.30 bits per heavy atom. The summed E-state index contributed by atoms with van der Waals surface area (Å²) in [6.07, 6.45) is -2.36. The largest absolute Gasteiger partial charge is 0.416 e. The summed E-state index contributed by atoms with van der Waals surface area (Å²) in [6, 6.07) is 4.78. The number of alkyl halides is 3. The fraction of sp³-hybridized carbons (Fsp3) is 0.600. The van der Waals surface area contributed by atoms with Gasteiger partial charge < -0.3 is 10.2 Å². The van der Waals surface area contributed by atoms with Crippen molar-refractivity contribution in [1.29, 1.82) is 0 Å². The number of nitrogens with zero attached hydrogens (tertiary/aromatic N) is 1. The number of halogens is 3. The van der Waals surface area contributed by atoms with Crippen LogP contribution in [0.2, 0.25) is 0 Å². The van der Waals surface area contributed by atoms with Crippen LogP contribution in [0.25, 0.3) is 0 Å². The lowest BCUT2D eigenvalue weighted by atomic mass is 10.0. The number of anilines is 1. The van der Waals surface area contributed by atoms with Crippen LogP contribution in [0.15, 0.2) is 18.2 Å². The molecule has 2 nitrogen and oxygen atoms in total. The van der Waals surface area contributed by atoms with Crippen molar-refractivity contribution in [1.82, 2.24) is 5.32 Å². The highest BCUT2D eigenvalue weighted by molar-refractivity contribution is 5.52. The molecular formula is C15H23F3N2. The Balaban J connectivity index is 3.12. The molecule has 1 atom stereocenters. The van der Waals surface area contributed by atoms with Gasteiger partial charge >= 0.3 is 6.18 Å². The lowest BCUT2D eigenvalue weighted by Crippen LogP contribution is -2.29. The molecule has 0 aliphatic carbocycles. The van der Waals surface area contributed by atoms with Crippen LogP contribution in [-0.2, 0) is 12.7 Å². The van der Waals surface area contributed by atoms with E-state index in [1.807, 2.05) is 18.9 Å². The van der Waals surface area contributed by atoms with Crippen LogP contribution in [0.3, 0.4) is 0 Å². The smallest absolute Gasteiger partial charge is 0.372 e. The van der Waals surface area contributed by atoms with E-state index in [-0.39, 0.29) is 18.2 Å². The van der Waals surface area contributed by atoms with Crippen molar-refractivity contribution < 1.29 is 13.2 Å². The summed E-state index contributed by atoms with van der Waals surface area (Å²) in [5.41, 5.74) is 0.332. The molecule has 1 unspecified atom stereocenters. The second kappa shape index (κ2) is 6.97. The zero-order chi connectivity index (χ0) is 15.3. The Morgan fingerprint density at radius 2 is 1.95 bits per heavy atom. The van der Waals surface area contributed by atoms with Gasteiger partial charge in [-0.25, -0.2) is 0 Å². The Bertz CT molecular complexity index is 430. The van der Waals surface area contributed by atoms with E-state index in [4.69, 9.17) is 0 Å². The van der Waals surface area contributed by atoms with Crippen molar-refractivity contribution in [3.8, 4) is 0 Å². The van der Waals surface area contributed by atoms with E-state index in [2.05, 4.69) is 12.2 Å². The van der Waals surface area contributed by atoms with Gasteiger partial charge in [0.25, 0.3) is 0 Å². The number of hydrogen-bond donors (Lipinski definition) is 1. The van der Waals surface area contributed by atoms with Gasteiger partial charge in [0, 0.05) is 25.3 Å². The minimum atomic E-state index is -4.32. The predicted octanol–water partition coefficient (Wildman–Crippen LogP) is 4.05. The number of nitrogens with one attached hydrogen (secondary N) is 1. The second-order valence-corrected chi connectivity index (χ2v) is 5.12. The molecule has 1 N–H and O–H groups in total. The third kappa shape index (κ3) is 4.13. The van der Waals surface area contributed by atoms with Crippen LogP contribution in [0.4, 0.5) is 18.9 Å². The quantitative estimate of drug-likeness (QED) is 0.849. The van der Waals surface area contributed by atoms with Gasteiger partial charge in [-0.1, -0.05) is 19.4 Å². The minimum Gasteiger partial charge on any atom is -0.372 e. The summed E-state index contributed by atoms with van der Waals surface area (Å²) < 4.78 is 39.4. The molecule has 0 saturated heterocycles. The lowest BCUT2D eigenvalue weighted by Gasteiger charge is -2.28. The summed E-state index contributed by atoms with van der Waals surface area (Å²) in [5.74, 6) is 0. The standard InChI is InChI=1S/C15H23F3N2/c1-5-6-11(2)20(4)13-8-7-12(10-19-3)14(9-13)15(16,17)18/h7-9,11,19H,5-6,10H2,1-4H3. The van der Waals surface area contributed by atoms with E-state index < -0.39 is 11.7 Å². The molecule has 0 fully saturated rings. The van der Waals surface area contributed by atoms with Crippen LogP contribution in [0, 0.1) is 0 Å². The van der Waals surface area contributed by atoms with Crippen molar-refractivity contribution in [2.75, 3.05) is 19.0 Å². The van der Waals surface area contributed by atoms with Crippen LogP contribution in [0.1, 0.15) is 37.8 Å². The van der Waals surface area contributed by atoms with Gasteiger partial charge in [0.15, 0.2) is 0 Å². The Hall–Kier alpha value is -1.23. The van der Waals surface area contributed by atoms with Crippen LogP contribution in [0.5, 0.6) is 0 Å². The summed E-state index contributed by atoms with van der Waals surface area (Å²) in [6.45, 7) is 4.31.